The Morgan fingerprint density at radius 1 is 0.931 bits per heavy atom. The number of aromatic nitrogens is 1. The van der Waals surface area contributed by atoms with Gasteiger partial charge in [0, 0.05) is 16.3 Å². The van der Waals surface area contributed by atoms with Crippen molar-refractivity contribution in [3.63, 3.8) is 0 Å². The highest BCUT2D eigenvalue weighted by atomic mass is 35.5. The minimum atomic E-state index is -0.739. The molecule has 5 nitrogen and oxygen atoms in total. The number of amides is 3. The maximum Gasteiger partial charge on any atom is 0.327 e. The quantitative estimate of drug-likeness (QED) is 0.495. The second kappa shape index (κ2) is 8.82. The van der Waals surface area contributed by atoms with E-state index in [1.54, 1.807) is 24.3 Å². The third kappa shape index (κ3) is 4.88. The molecular formula is C21H16Cl3N3O2. The average molecular weight is 449 g/mol. The average Bonchev–Trinajstić information content (AvgIpc) is 2.62. The van der Waals surface area contributed by atoms with Crippen molar-refractivity contribution in [2.24, 2.45) is 0 Å². The van der Waals surface area contributed by atoms with Crippen LogP contribution in [0.2, 0.25) is 15.1 Å². The molecule has 148 valence electrons. The maximum atomic E-state index is 12.3. The molecule has 0 spiro atoms. The third-order valence-corrected chi connectivity index (χ3v) is 5.07. The Morgan fingerprint density at radius 2 is 1.55 bits per heavy atom. The molecule has 3 amide bonds. The molecule has 0 bridgehead atoms. The number of rotatable bonds is 3. The number of nitrogens with zero attached hydrogens (tertiary/aromatic N) is 1. The van der Waals surface area contributed by atoms with Gasteiger partial charge in [0.1, 0.15) is 5.82 Å². The van der Waals surface area contributed by atoms with Crippen LogP contribution < -0.4 is 10.6 Å². The smallest absolute Gasteiger partial charge is 0.292 e. The van der Waals surface area contributed by atoms with Crippen molar-refractivity contribution < 1.29 is 9.59 Å². The van der Waals surface area contributed by atoms with Crippen molar-refractivity contribution in [1.29, 1.82) is 0 Å². The summed E-state index contributed by atoms with van der Waals surface area (Å²) in [4.78, 5) is 29.0. The molecule has 0 aliphatic carbocycles. The van der Waals surface area contributed by atoms with Gasteiger partial charge in [-0.15, -0.1) is 0 Å². The van der Waals surface area contributed by atoms with E-state index >= 15 is 0 Å². The first-order valence-electron chi connectivity index (χ1n) is 8.57. The third-order valence-electron chi connectivity index (χ3n) is 4.19. The van der Waals surface area contributed by atoms with Gasteiger partial charge in [0.2, 0.25) is 0 Å². The lowest BCUT2D eigenvalue weighted by atomic mass is 9.99. The molecule has 3 rings (SSSR count). The molecule has 3 aromatic rings. The van der Waals surface area contributed by atoms with Gasteiger partial charge < -0.3 is 0 Å². The van der Waals surface area contributed by atoms with Crippen molar-refractivity contribution >= 4 is 52.6 Å². The van der Waals surface area contributed by atoms with Crippen LogP contribution in [0.4, 0.5) is 10.6 Å². The Hall–Kier alpha value is -2.60. The van der Waals surface area contributed by atoms with E-state index in [-0.39, 0.29) is 15.6 Å². The first-order chi connectivity index (χ1) is 13.8. The van der Waals surface area contributed by atoms with Crippen molar-refractivity contribution in [2.45, 2.75) is 13.8 Å². The normalized spacial score (nSPS) is 10.5. The van der Waals surface area contributed by atoms with Crippen LogP contribution >= 0.6 is 34.8 Å². The Morgan fingerprint density at radius 3 is 2.14 bits per heavy atom. The SMILES string of the molecule is Cc1cc(NC(=O)NC(=O)c2c(Cl)cccc2Cl)nc(C)c1-c1ccc(Cl)cc1. The number of carbonyl (C=O) groups is 2. The summed E-state index contributed by atoms with van der Waals surface area (Å²) < 4.78 is 0. The van der Waals surface area contributed by atoms with E-state index in [2.05, 4.69) is 15.6 Å². The lowest BCUT2D eigenvalue weighted by Gasteiger charge is -2.13. The van der Waals surface area contributed by atoms with E-state index in [1.165, 1.54) is 12.1 Å². The summed E-state index contributed by atoms with van der Waals surface area (Å²) in [7, 11) is 0. The fraction of sp³-hybridized carbons (Fsp3) is 0.0952. The van der Waals surface area contributed by atoms with E-state index < -0.39 is 11.9 Å². The van der Waals surface area contributed by atoms with E-state index in [0.717, 1.165) is 22.4 Å². The predicted molar refractivity (Wildman–Crippen MR) is 117 cm³/mol. The summed E-state index contributed by atoms with van der Waals surface area (Å²) in [6.45, 7) is 3.76. The van der Waals surface area contributed by atoms with E-state index in [9.17, 15) is 9.59 Å². The molecule has 1 aromatic heterocycles. The molecule has 0 aliphatic heterocycles. The largest absolute Gasteiger partial charge is 0.327 e. The van der Waals surface area contributed by atoms with E-state index in [1.807, 2.05) is 26.0 Å². The van der Waals surface area contributed by atoms with Crippen molar-refractivity contribution in [3.05, 3.63) is 80.4 Å². The number of aryl methyl sites for hydroxylation is 2. The molecule has 0 saturated heterocycles. The van der Waals surface area contributed by atoms with Crippen LogP contribution in [0, 0.1) is 13.8 Å². The molecule has 0 fully saturated rings. The Balaban J connectivity index is 1.77. The summed E-state index contributed by atoms with van der Waals surface area (Å²) in [5, 5.41) is 5.72. The highest BCUT2D eigenvalue weighted by Gasteiger charge is 2.18. The van der Waals surface area contributed by atoms with Crippen LogP contribution in [0.15, 0.2) is 48.5 Å². The molecular weight excluding hydrogens is 433 g/mol. The van der Waals surface area contributed by atoms with E-state index in [0.29, 0.717) is 10.8 Å². The number of anilines is 1. The molecule has 8 heteroatoms. The zero-order chi connectivity index (χ0) is 21.1. The van der Waals surface area contributed by atoms with E-state index in [4.69, 9.17) is 34.8 Å². The van der Waals surface area contributed by atoms with Crippen LogP contribution in [0.3, 0.4) is 0 Å². The van der Waals surface area contributed by atoms with Crippen LogP contribution in [0.1, 0.15) is 21.6 Å². The zero-order valence-electron chi connectivity index (χ0n) is 15.5. The highest BCUT2D eigenvalue weighted by Crippen LogP contribution is 2.29. The van der Waals surface area contributed by atoms with Crippen LogP contribution in [-0.2, 0) is 0 Å². The summed E-state index contributed by atoms with van der Waals surface area (Å²) in [5.74, 6) is -0.391. The van der Waals surface area contributed by atoms with Gasteiger partial charge in [-0.1, -0.05) is 53.0 Å². The summed E-state index contributed by atoms with van der Waals surface area (Å²) in [6.07, 6.45) is 0. The molecule has 2 aromatic carbocycles. The van der Waals surface area contributed by atoms with Gasteiger partial charge in [0.15, 0.2) is 0 Å². The second-order valence-electron chi connectivity index (χ2n) is 6.30. The number of benzene rings is 2. The van der Waals surface area contributed by atoms with Gasteiger partial charge in [-0.3, -0.25) is 15.4 Å². The number of carbonyl (C=O) groups excluding carboxylic acids is 2. The highest BCUT2D eigenvalue weighted by molar-refractivity contribution is 6.40. The number of nitrogens with one attached hydrogen (secondary N) is 2. The Kier molecular flexibility index (Phi) is 6.42. The molecule has 0 aliphatic rings. The summed E-state index contributed by atoms with van der Waals surface area (Å²) >= 11 is 17.9. The molecule has 0 atom stereocenters. The van der Waals surface area contributed by atoms with Gasteiger partial charge in [-0.2, -0.15) is 0 Å². The number of urea groups is 1. The van der Waals surface area contributed by atoms with Gasteiger partial charge in [-0.25, -0.2) is 9.78 Å². The number of hydrogen-bond donors (Lipinski definition) is 2. The van der Waals surface area contributed by atoms with Crippen LogP contribution in [0.25, 0.3) is 11.1 Å². The van der Waals surface area contributed by atoms with Crippen molar-refractivity contribution in [2.75, 3.05) is 5.32 Å². The number of halogens is 3. The zero-order valence-corrected chi connectivity index (χ0v) is 17.8. The molecule has 2 N–H and O–H groups in total. The first kappa shape index (κ1) is 21.1. The Labute approximate surface area is 183 Å². The maximum absolute atomic E-state index is 12.3. The van der Waals surface area contributed by atoms with Gasteiger partial charge in [0.05, 0.1) is 15.6 Å². The van der Waals surface area contributed by atoms with Gasteiger partial charge in [-0.05, 0) is 55.3 Å². The topological polar surface area (TPSA) is 71.1 Å². The Bertz CT molecular complexity index is 1060. The van der Waals surface area contributed by atoms with Crippen LogP contribution in [0.5, 0.6) is 0 Å². The monoisotopic (exact) mass is 447 g/mol. The minimum Gasteiger partial charge on any atom is -0.292 e. The van der Waals surface area contributed by atoms with Crippen LogP contribution in [-0.4, -0.2) is 16.9 Å². The van der Waals surface area contributed by atoms with Gasteiger partial charge >= 0.3 is 6.03 Å². The lowest BCUT2D eigenvalue weighted by Crippen LogP contribution is -2.35. The summed E-state index contributed by atoms with van der Waals surface area (Å²) in [5.41, 5.74) is 3.59. The molecule has 29 heavy (non-hydrogen) atoms. The first-order valence-corrected chi connectivity index (χ1v) is 9.70. The number of pyridine rings is 1. The molecule has 0 unspecified atom stereocenters. The fourth-order valence-corrected chi connectivity index (χ4v) is 3.67. The van der Waals surface area contributed by atoms with Gasteiger partial charge in [0.25, 0.3) is 5.91 Å². The fourth-order valence-electron chi connectivity index (χ4n) is 2.98. The standard InChI is InChI=1S/C21H16Cl3N3O2/c1-11-10-17(25-12(2)18(11)13-6-8-14(22)9-7-13)26-21(29)27-20(28)19-15(23)4-3-5-16(19)24/h3-10H,1-2H3,(H2,25,26,27,28,29). The predicted octanol–water partition coefficient (Wildman–Crippen LogP) is 6.29. The number of imide groups is 1. The molecule has 0 saturated carbocycles. The molecule has 1 heterocycles. The molecule has 0 radical (unpaired) electrons. The minimum absolute atomic E-state index is 0.0318. The van der Waals surface area contributed by atoms with Crippen molar-refractivity contribution in [3.8, 4) is 11.1 Å². The number of hydrogen-bond acceptors (Lipinski definition) is 3. The van der Waals surface area contributed by atoms with Crippen molar-refractivity contribution in [1.82, 2.24) is 10.3 Å². The lowest BCUT2D eigenvalue weighted by molar-refractivity contribution is 0.0967. The second-order valence-corrected chi connectivity index (χ2v) is 7.55. The summed E-state index contributed by atoms with van der Waals surface area (Å²) in [6, 6.07) is 13.1.